The van der Waals surface area contributed by atoms with E-state index < -0.39 is 0 Å². The van der Waals surface area contributed by atoms with E-state index in [1.165, 1.54) is 38.8 Å². The second-order valence-corrected chi connectivity index (χ2v) is 4.47. The van der Waals surface area contributed by atoms with E-state index in [0.29, 0.717) is 11.5 Å². The third-order valence-corrected chi connectivity index (χ3v) is 3.44. The van der Waals surface area contributed by atoms with Crippen molar-refractivity contribution in [3.63, 3.8) is 0 Å². The molecule has 0 unspecified atom stereocenters. The van der Waals surface area contributed by atoms with Gasteiger partial charge in [-0.3, -0.25) is 0 Å². The van der Waals surface area contributed by atoms with Gasteiger partial charge >= 0.3 is 0 Å². The van der Waals surface area contributed by atoms with Crippen molar-refractivity contribution in [3.8, 4) is 0 Å². The van der Waals surface area contributed by atoms with Gasteiger partial charge < -0.3 is 10.6 Å². The predicted octanol–water partition coefficient (Wildman–Crippen LogP) is 2.87. The van der Waals surface area contributed by atoms with Crippen LogP contribution in [-0.4, -0.2) is 31.1 Å². The second kappa shape index (κ2) is 7.24. The van der Waals surface area contributed by atoms with Crippen molar-refractivity contribution >= 4 is 0 Å². The number of nitrogens with two attached hydrogens (primary N) is 1. The molecular weight excluding hydrogens is 184 g/mol. The fraction of sp³-hybridized carbons (Fsp3) is 1.00. The van der Waals surface area contributed by atoms with E-state index in [1.54, 1.807) is 0 Å². The van der Waals surface area contributed by atoms with Gasteiger partial charge in [-0.05, 0) is 51.2 Å². The quantitative estimate of drug-likeness (QED) is 0.672. The molecule has 0 aromatic heterocycles. The monoisotopic (exact) mass is 214 g/mol. The minimum atomic E-state index is 0.526. The first-order valence-electron chi connectivity index (χ1n) is 6.64. The van der Waals surface area contributed by atoms with Gasteiger partial charge in [-0.2, -0.15) is 0 Å². The summed E-state index contributed by atoms with van der Waals surface area (Å²) >= 11 is 0. The van der Waals surface area contributed by atoms with Gasteiger partial charge in [0, 0.05) is 6.04 Å². The lowest BCUT2D eigenvalue weighted by Crippen LogP contribution is -2.51. The average molecular weight is 214 g/mol. The minimum Gasteiger partial charge on any atom is -0.328 e. The Balaban J connectivity index is 0.000000442. The van der Waals surface area contributed by atoms with Gasteiger partial charge in [0.1, 0.15) is 0 Å². The van der Waals surface area contributed by atoms with Crippen LogP contribution in [0.25, 0.3) is 0 Å². The van der Waals surface area contributed by atoms with Gasteiger partial charge in [-0.25, -0.2) is 0 Å². The lowest BCUT2D eigenvalue weighted by atomic mass is 9.61. The highest BCUT2D eigenvalue weighted by atomic mass is 15.1. The highest BCUT2D eigenvalue weighted by Gasteiger charge is 2.43. The number of rotatable bonds is 0. The van der Waals surface area contributed by atoms with Crippen LogP contribution < -0.4 is 5.73 Å². The lowest BCUT2D eigenvalue weighted by molar-refractivity contribution is 0.0264. The average Bonchev–Trinajstić information content (AvgIpc) is 2.26. The molecule has 1 spiro atoms. The van der Waals surface area contributed by atoms with Crippen LogP contribution in [-0.2, 0) is 0 Å². The lowest BCUT2D eigenvalue weighted by Gasteiger charge is -2.50. The second-order valence-electron chi connectivity index (χ2n) is 4.47. The van der Waals surface area contributed by atoms with E-state index in [0.717, 1.165) is 0 Å². The zero-order chi connectivity index (χ0) is 11.9. The molecule has 1 saturated carbocycles. The number of likely N-dealkylation sites (tertiary alicyclic amines) is 1. The largest absolute Gasteiger partial charge is 0.328 e. The Kier molecular flexibility index (Phi) is 7.20. The van der Waals surface area contributed by atoms with E-state index in [2.05, 4.69) is 11.9 Å². The molecule has 2 heteroatoms. The van der Waals surface area contributed by atoms with E-state index >= 15 is 0 Å². The summed E-state index contributed by atoms with van der Waals surface area (Å²) in [7, 11) is 2.21. The number of hydrogen-bond donors (Lipinski definition) is 1. The maximum Gasteiger partial charge on any atom is 0.00494 e. The highest BCUT2D eigenvalue weighted by Crippen LogP contribution is 2.47. The third-order valence-electron chi connectivity index (χ3n) is 3.44. The molecule has 0 amide bonds. The van der Waals surface area contributed by atoms with Gasteiger partial charge in [-0.1, -0.05) is 27.7 Å². The van der Waals surface area contributed by atoms with Crippen LogP contribution in [0.1, 0.15) is 53.4 Å². The molecule has 92 valence electrons. The van der Waals surface area contributed by atoms with Gasteiger partial charge in [0.25, 0.3) is 0 Å². The first-order valence-corrected chi connectivity index (χ1v) is 6.64. The summed E-state index contributed by atoms with van der Waals surface area (Å²) in [5.74, 6) is 0. The van der Waals surface area contributed by atoms with Crippen LogP contribution in [0.15, 0.2) is 0 Å². The maximum absolute atomic E-state index is 5.81. The Morgan fingerprint density at radius 3 is 1.73 bits per heavy atom. The molecule has 1 aliphatic heterocycles. The highest BCUT2D eigenvalue weighted by molar-refractivity contribution is 4.98. The summed E-state index contributed by atoms with van der Waals surface area (Å²) < 4.78 is 0. The molecular formula is C13H30N2. The van der Waals surface area contributed by atoms with E-state index in [-0.39, 0.29) is 0 Å². The van der Waals surface area contributed by atoms with Gasteiger partial charge in [0.15, 0.2) is 0 Å². The van der Waals surface area contributed by atoms with Crippen molar-refractivity contribution in [2.45, 2.75) is 59.4 Å². The molecule has 0 radical (unpaired) electrons. The SMILES string of the molecule is CC.CC.CN1CCC2(CC1)CC(N)C2. The summed E-state index contributed by atoms with van der Waals surface area (Å²) in [6.07, 6.45) is 5.36. The summed E-state index contributed by atoms with van der Waals surface area (Å²) in [5.41, 5.74) is 6.49. The zero-order valence-corrected chi connectivity index (χ0v) is 11.3. The first-order chi connectivity index (χ1) is 7.20. The molecule has 2 fully saturated rings. The van der Waals surface area contributed by atoms with Gasteiger partial charge in [0.05, 0.1) is 0 Å². The number of nitrogens with zero attached hydrogens (tertiary/aromatic N) is 1. The topological polar surface area (TPSA) is 29.3 Å². The Morgan fingerprint density at radius 2 is 1.40 bits per heavy atom. The summed E-state index contributed by atoms with van der Waals surface area (Å²) in [4.78, 5) is 2.43. The van der Waals surface area contributed by atoms with Crippen molar-refractivity contribution in [2.75, 3.05) is 20.1 Å². The van der Waals surface area contributed by atoms with Crippen molar-refractivity contribution in [1.82, 2.24) is 4.90 Å². The Bertz CT molecular complexity index is 141. The number of piperidine rings is 1. The van der Waals surface area contributed by atoms with Crippen molar-refractivity contribution in [2.24, 2.45) is 11.1 Å². The molecule has 0 bridgehead atoms. The molecule has 2 rings (SSSR count). The van der Waals surface area contributed by atoms with E-state index in [4.69, 9.17) is 5.73 Å². The number of hydrogen-bond acceptors (Lipinski definition) is 2. The van der Waals surface area contributed by atoms with E-state index in [9.17, 15) is 0 Å². The van der Waals surface area contributed by atoms with Crippen LogP contribution in [0.3, 0.4) is 0 Å². The Morgan fingerprint density at radius 1 is 1.00 bits per heavy atom. The van der Waals surface area contributed by atoms with Crippen LogP contribution in [0, 0.1) is 5.41 Å². The van der Waals surface area contributed by atoms with Crippen molar-refractivity contribution in [1.29, 1.82) is 0 Å². The summed E-state index contributed by atoms with van der Waals surface area (Å²) in [6, 6.07) is 0.526. The molecule has 0 atom stereocenters. The van der Waals surface area contributed by atoms with Crippen LogP contribution in [0.4, 0.5) is 0 Å². The standard InChI is InChI=1S/C9H18N2.2C2H6/c1-11-4-2-9(3-5-11)6-8(10)7-9;2*1-2/h8H,2-7,10H2,1H3;2*1-2H3. The fourth-order valence-electron chi connectivity index (χ4n) is 2.55. The smallest absolute Gasteiger partial charge is 0.00494 e. The molecule has 0 aromatic carbocycles. The van der Waals surface area contributed by atoms with Crippen molar-refractivity contribution in [3.05, 3.63) is 0 Å². The van der Waals surface area contributed by atoms with Crippen LogP contribution in [0.2, 0.25) is 0 Å². The molecule has 2 N–H and O–H groups in total. The molecule has 2 aliphatic rings. The zero-order valence-electron chi connectivity index (χ0n) is 11.3. The Labute approximate surface area is 96.2 Å². The maximum atomic E-state index is 5.81. The Hall–Kier alpha value is -0.0800. The van der Waals surface area contributed by atoms with Gasteiger partial charge in [0.2, 0.25) is 0 Å². The minimum absolute atomic E-state index is 0.526. The van der Waals surface area contributed by atoms with Crippen molar-refractivity contribution < 1.29 is 0 Å². The molecule has 0 aromatic rings. The fourth-order valence-corrected chi connectivity index (χ4v) is 2.55. The van der Waals surface area contributed by atoms with E-state index in [1.807, 2.05) is 27.7 Å². The molecule has 1 saturated heterocycles. The molecule has 15 heavy (non-hydrogen) atoms. The molecule has 1 heterocycles. The first kappa shape index (κ1) is 14.9. The van der Waals surface area contributed by atoms with Crippen LogP contribution >= 0.6 is 0 Å². The van der Waals surface area contributed by atoms with Gasteiger partial charge in [-0.15, -0.1) is 0 Å². The van der Waals surface area contributed by atoms with Crippen LogP contribution in [0.5, 0.6) is 0 Å². The molecule has 2 nitrogen and oxygen atoms in total. The third kappa shape index (κ3) is 4.12. The summed E-state index contributed by atoms with van der Waals surface area (Å²) in [5, 5.41) is 0. The predicted molar refractivity (Wildman–Crippen MR) is 69.1 cm³/mol. The normalized spacial score (nSPS) is 24.4. The summed E-state index contributed by atoms with van der Waals surface area (Å²) in [6.45, 7) is 10.6. The molecule has 1 aliphatic carbocycles.